The quantitative estimate of drug-likeness (QED) is 0.675. The fraction of sp³-hybridized carbons (Fsp3) is 0.250. The predicted molar refractivity (Wildman–Crippen MR) is 73.5 cm³/mol. The molecule has 0 radical (unpaired) electrons. The molecule has 2 rings (SSSR count). The number of aromatic nitrogens is 2. The maximum Gasteiger partial charge on any atom is 0.293 e. The van der Waals surface area contributed by atoms with Crippen molar-refractivity contribution >= 4 is 23.0 Å². The third kappa shape index (κ3) is 3.45. The molecule has 6 nitrogen and oxygen atoms in total. The molecule has 0 aliphatic rings. The molecule has 100 valence electrons. The van der Waals surface area contributed by atoms with E-state index in [0.29, 0.717) is 23.7 Å². The minimum atomic E-state index is -0.449. The lowest BCUT2D eigenvalue weighted by atomic mass is 10.2. The number of nitrogens with one attached hydrogen (secondary N) is 1. The van der Waals surface area contributed by atoms with Gasteiger partial charge in [0, 0.05) is 37.3 Å². The summed E-state index contributed by atoms with van der Waals surface area (Å²) in [7, 11) is 1.85. The smallest absolute Gasteiger partial charge is 0.293 e. The van der Waals surface area contributed by atoms with Crippen molar-refractivity contribution in [2.75, 3.05) is 11.9 Å². The third-order valence-electron chi connectivity index (χ3n) is 2.62. The third-order valence-corrected chi connectivity index (χ3v) is 2.86. The summed E-state index contributed by atoms with van der Waals surface area (Å²) in [5, 5.41) is 18.5. The second-order valence-corrected chi connectivity index (χ2v) is 4.51. The number of benzene rings is 1. The molecule has 1 aromatic heterocycles. The minimum absolute atomic E-state index is 0.0199. The highest BCUT2D eigenvalue weighted by Crippen LogP contribution is 2.27. The van der Waals surface area contributed by atoms with E-state index in [-0.39, 0.29) is 5.69 Å². The first-order valence-electron chi connectivity index (χ1n) is 5.72. The summed E-state index contributed by atoms with van der Waals surface area (Å²) in [5.41, 5.74) is 1.38. The van der Waals surface area contributed by atoms with Crippen LogP contribution in [0.15, 0.2) is 30.5 Å². The van der Waals surface area contributed by atoms with Gasteiger partial charge in [0.2, 0.25) is 0 Å². The Balaban J connectivity index is 2.01. The Hall–Kier alpha value is -2.08. The summed E-state index contributed by atoms with van der Waals surface area (Å²) in [5.74, 6) is 0. The van der Waals surface area contributed by atoms with Crippen molar-refractivity contribution in [3.63, 3.8) is 0 Å². The van der Waals surface area contributed by atoms with Gasteiger partial charge in [0.25, 0.3) is 5.69 Å². The lowest BCUT2D eigenvalue weighted by molar-refractivity contribution is -0.383. The van der Waals surface area contributed by atoms with Crippen LogP contribution in [0.1, 0.15) is 5.69 Å². The second-order valence-electron chi connectivity index (χ2n) is 4.08. The van der Waals surface area contributed by atoms with E-state index in [1.165, 1.54) is 6.07 Å². The number of nitro groups is 1. The molecule has 7 heteroatoms. The van der Waals surface area contributed by atoms with E-state index in [9.17, 15) is 10.1 Å². The highest BCUT2D eigenvalue weighted by atomic mass is 35.5. The van der Waals surface area contributed by atoms with Gasteiger partial charge in [-0.3, -0.25) is 14.8 Å². The van der Waals surface area contributed by atoms with Gasteiger partial charge < -0.3 is 5.32 Å². The zero-order valence-corrected chi connectivity index (χ0v) is 11.1. The van der Waals surface area contributed by atoms with Crippen LogP contribution in [0.4, 0.5) is 11.4 Å². The van der Waals surface area contributed by atoms with Crippen molar-refractivity contribution in [3.8, 4) is 0 Å². The predicted octanol–water partition coefficient (Wildman–Crippen LogP) is 2.64. The van der Waals surface area contributed by atoms with Gasteiger partial charge in [0.15, 0.2) is 0 Å². The largest absolute Gasteiger partial charge is 0.379 e. The number of halogens is 1. The summed E-state index contributed by atoms with van der Waals surface area (Å²) in [6.45, 7) is 0.569. The SMILES string of the molecule is Cn1ccc(CCNc2ccc(Cl)cc2[N+](=O)[O-])n1. The number of nitrogens with zero attached hydrogens (tertiary/aromatic N) is 3. The number of hydrogen-bond acceptors (Lipinski definition) is 4. The maximum atomic E-state index is 10.9. The van der Waals surface area contributed by atoms with E-state index in [1.807, 2.05) is 19.3 Å². The van der Waals surface area contributed by atoms with E-state index in [4.69, 9.17) is 11.6 Å². The molecule has 0 saturated carbocycles. The number of aryl methyl sites for hydroxylation is 1. The number of anilines is 1. The van der Waals surface area contributed by atoms with E-state index < -0.39 is 4.92 Å². The first-order valence-corrected chi connectivity index (χ1v) is 6.10. The lowest BCUT2D eigenvalue weighted by Gasteiger charge is -2.06. The molecule has 2 aromatic rings. The Morgan fingerprint density at radius 2 is 2.26 bits per heavy atom. The molecule has 0 unspecified atom stereocenters. The summed E-state index contributed by atoms with van der Waals surface area (Å²) < 4.78 is 1.72. The van der Waals surface area contributed by atoms with Crippen molar-refractivity contribution in [1.29, 1.82) is 0 Å². The highest BCUT2D eigenvalue weighted by Gasteiger charge is 2.13. The number of nitro benzene ring substituents is 1. The molecule has 0 fully saturated rings. The van der Waals surface area contributed by atoms with Crippen LogP contribution in [0.3, 0.4) is 0 Å². The molecule has 0 saturated heterocycles. The molecular formula is C12H13ClN4O2. The van der Waals surface area contributed by atoms with Crippen LogP contribution in [0.2, 0.25) is 5.02 Å². The molecule has 1 aromatic carbocycles. The highest BCUT2D eigenvalue weighted by molar-refractivity contribution is 6.30. The normalized spacial score (nSPS) is 10.4. The van der Waals surface area contributed by atoms with E-state index in [2.05, 4.69) is 10.4 Å². The number of rotatable bonds is 5. The average molecular weight is 281 g/mol. The van der Waals surface area contributed by atoms with Crippen LogP contribution in [0.25, 0.3) is 0 Å². The van der Waals surface area contributed by atoms with Gasteiger partial charge in [0.1, 0.15) is 5.69 Å². The second kappa shape index (κ2) is 5.71. The molecule has 0 amide bonds. The Morgan fingerprint density at radius 3 is 2.89 bits per heavy atom. The van der Waals surface area contributed by atoms with Crippen LogP contribution in [-0.2, 0) is 13.5 Å². The number of hydrogen-bond donors (Lipinski definition) is 1. The van der Waals surface area contributed by atoms with Gasteiger partial charge in [-0.25, -0.2) is 0 Å². The minimum Gasteiger partial charge on any atom is -0.379 e. The lowest BCUT2D eigenvalue weighted by Crippen LogP contribution is -2.07. The first-order chi connectivity index (χ1) is 9.06. The van der Waals surface area contributed by atoms with Crippen LogP contribution in [-0.4, -0.2) is 21.2 Å². The van der Waals surface area contributed by atoms with Crippen LogP contribution in [0.5, 0.6) is 0 Å². The molecule has 0 atom stereocenters. The van der Waals surface area contributed by atoms with Gasteiger partial charge in [-0.1, -0.05) is 11.6 Å². The van der Waals surface area contributed by atoms with Crippen molar-refractivity contribution < 1.29 is 4.92 Å². The summed E-state index contributed by atoms with van der Waals surface area (Å²) in [6.07, 6.45) is 2.56. The van der Waals surface area contributed by atoms with Crippen LogP contribution < -0.4 is 5.32 Å². The Labute approximate surface area is 115 Å². The Bertz CT molecular complexity index is 597. The molecular weight excluding hydrogens is 268 g/mol. The molecule has 1 N–H and O–H groups in total. The maximum absolute atomic E-state index is 10.9. The molecule has 0 aliphatic carbocycles. The molecule has 0 spiro atoms. The van der Waals surface area contributed by atoms with Crippen molar-refractivity contribution in [3.05, 3.63) is 51.3 Å². The Kier molecular flexibility index (Phi) is 4.01. The average Bonchev–Trinajstić information content (AvgIpc) is 2.77. The van der Waals surface area contributed by atoms with Gasteiger partial charge in [-0.2, -0.15) is 5.10 Å². The van der Waals surface area contributed by atoms with Gasteiger partial charge in [-0.05, 0) is 18.2 Å². The topological polar surface area (TPSA) is 73.0 Å². The summed E-state index contributed by atoms with van der Waals surface area (Å²) >= 11 is 5.75. The van der Waals surface area contributed by atoms with Crippen LogP contribution >= 0.6 is 11.6 Å². The monoisotopic (exact) mass is 280 g/mol. The zero-order chi connectivity index (χ0) is 13.8. The Morgan fingerprint density at radius 1 is 1.47 bits per heavy atom. The fourth-order valence-electron chi connectivity index (χ4n) is 1.73. The summed E-state index contributed by atoms with van der Waals surface area (Å²) in [6, 6.07) is 6.49. The van der Waals surface area contributed by atoms with E-state index >= 15 is 0 Å². The molecule has 0 bridgehead atoms. The van der Waals surface area contributed by atoms with Crippen molar-refractivity contribution in [1.82, 2.24) is 9.78 Å². The van der Waals surface area contributed by atoms with Gasteiger partial charge in [0.05, 0.1) is 10.6 Å². The van der Waals surface area contributed by atoms with E-state index in [0.717, 1.165) is 5.69 Å². The van der Waals surface area contributed by atoms with Gasteiger partial charge >= 0.3 is 0 Å². The standard InChI is InChI=1S/C12H13ClN4O2/c1-16-7-5-10(15-16)4-6-14-11-3-2-9(13)8-12(11)17(18)19/h2-3,5,7-8,14H,4,6H2,1H3. The molecule has 1 heterocycles. The zero-order valence-electron chi connectivity index (χ0n) is 10.3. The van der Waals surface area contributed by atoms with Crippen LogP contribution in [0, 0.1) is 10.1 Å². The fourth-order valence-corrected chi connectivity index (χ4v) is 1.89. The van der Waals surface area contributed by atoms with E-state index in [1.54, 1.807) is 16.8 Å². The summed E-state index contributed by atoms with van der Waals surface area (Å²) in [4.78, 5) is 10.5. The van der Waals surface area contributed by atoms with Gasteiger partial charge in [-0.15, -0.1) is 0 Å². The van der Waals surface area contributed by atoms with Crippen molar-refractivity contribution in [2.24, 2.45) is 7.05 Å². The van der Waals surface area contributed by atoms with Crippen molar-refractivity contribution in [2.45, 2.75) is 6.42 Å². The molecule has 19 heavy (non-hydrogen) atoms. The molecule has 0 aliphatic heterocycles. The first kappa shape index (κ1) is 13.4.